The second-order valence-electron chi connectivity index (χ2n) is 5.33. The minimum atomic E-state index is -0.153. The molecule has 3 rings (SSSR count). The number of nitrogens with one attached hydrogen (secondary N) is 1. The van der Waals surface area contributed by atoms with E-state index in [0.29, 0.717) is 34.8 Å². The van der Waals surface area contributed by atoms with Gasteiger partial charge in [0.25, 0.3) is 0 Å². The Kier molecular flexibility index (Phi) is 6.50. The van der Waals surface area contributed by atoms with Gasteiger partial charge in [-0.05, 0) is 59.0 Å². The highest BCUT2D eigenvalue weighted by Gasteiger charge is 2.11. The number of tetrazole rings is 1. The fourth-order valence-electron chi connectivity index (χ4n) is 2.10. The average Bonchev–Trinajstić information content (AvgIpc) is 3.14. The number of hydrogen-bond donors (Lipinski definition) is 2. The minimum absolute atomic E-state index is 0.153. The van der Waals surface area contributed by atoms with Crippen molar-refractivity contribution in [2.75, 3.05) is 18.9 Å². The van der Waals surface area contributed by atoms with Gasteiger partial charge in [-0.3, -0.25) is 4.79 Å². The number of ether oxygens (including phenoxy) is 1. The third-order valence-electron chi connectivity index (χ3n) is 3.37. The van der Waals surface area contributed by atoms with E-state index in [4.69, 9.17) is 16.3 Å². The van der Waals surface area contributed by atoms with Gasteiger partial charge in [-0.15, -0.1) is 5.10 Å². The topological polar surface area (TPSA) is 102 Å². The number of amides is 1. The number of aromatic hydroxyl groups is 1. The molecule has 0 aliphatic carbocycles. The number of phenols is 1. The van der Waals surface area contributed by atoms with Crippen LogP contribution in [-0.4, -0.2) is 50.1 Å². The van der Waals surface area contributed by atoms with Crippen LogP contribution in [0.3, 0.4) is 0 Å². The number of carbonyl (C=O) groups is 1. The fourth-order valence-corrected chi connectivity index (χ4v) is 2.94. The van der Waals surface area contributed by atoms with Crippen LogP contribution < -0.4 is 10.1 Å². The number of thioether (sulfide) groups is 1. The molecule has 1 amide bonds. The molecule has 0 spiro atoms. The zero-order valence-corrected chi connectivity index (χ0v) is 15.7. The first-order valence-corrected chi connectivity index (χ1v) is 9.34. The van der Waals surface area contributed by atoms with Crippen molar-refractivity contribution in [2.45, 2.75) is 5.16 Å². The van der Waals surface area contributed by atoms with E-state index >= 15 is 0 Å². The summed E-state index contributed by atoms with van der Waals surface area (Å²) in [4.78, 5) is 12.0. The molecule has 0 saturated heterocycles. The number of aromatic nitrogens is 4. The van der Waals surface area contributed by atoms with E-state index < -0.39 is 0 Å². The van der Waals surface area contributed by atoms with Crippen molar-refractivity contribution in [3.8, 4) is 17.2 Å². The van der Waals surface area contributed by atoms with E-state index in [1.807, 2.05) is 0 Å². The molecule has 2 N–H and O–H groups in total. The zero-order chi connectivity index (χ0) is 19.1. The fraction of sp³-hybridized carbons (Fsp3) is 0.176. The lowest BCUT2D eigenvalue weighted by atomic mass is 10.3. The molecule has 0 unspecified atom stereocenters. The molecule has 0 bridgehead atoms. The lowest BCUT2D eigenvalue weighted by Gasteiger charge is -2.08. The van der Waals surface area contributed by atoms with Crippen LogP contribution in [-0.2, 0) is 4.79 Å². The van der Waals surface area contributed by atoms with Crippen molar-refractivity contribution in [3.63, 3.8) is 0 Å². The molecular weight excluding hydrogens is 390 g/mol. The molecule has 10 heteroatoms. The Labute approximate surface area is 164 Å². The van der Waals surface area contributed by atoms with Gasteiger partial charge in [0, 0.05) is 5.02 Å². The van der Waals surface area contributed by atoms with Crippen LogP contribution in [0.2, 0.25) is 5.02 Å². The van der Waals surface area contributed by atoms with E-state index in [1.54, 1.807) is 48.5 Å². The number of phenolic OH excluding ortho intramolecular Hbond substituents is 1. The summed E-state index contributed by atoms with van der Waals surface area (Å²) in [5, 5.41) is 24.7. The molecule has 3 aromatic rings. The first kappa shape index (κ1) is 19.0. The third-order valence-corrected chi connectivity index (χ3v) is 4.55. The van der Waals surface area contributed by atoms with Gasteiger partial charge in [-0.1, -0.05) is 23.4 Å². The maximum Gasteiger partial charge on any atom is 0.230 e. The van der Waals surface area contributed by atoms with Gasteiger partial charge in [-0.25, -0.2) is 0 Å². The first-order chi connectivity index (χ1) is 13.1. The van der Waals surface area contributed by atoms with E-state index in [9.17, 15) is 9.90 Å². The van der Waals surface area contributed by atoms with Crippen molar-refractivity contribution < 1.29 is 14.6 Å². The lowest BCUT2D eigenvalue weighted by Crippen LogP contribution is -2.29. The number of benzene rings is 2. The van der Waals surface area contributed by atoms with Crippen molar-refractivity contribution >= 4 is 29.3 Å². The molecule has 1 aromatic heterocycles. The van der Waals surface area contributed by atoms with Crippen LogP contribution in [0.1, 0.15) is 0 Å². The van der Waals surface area contributed by atoms with Crippen molar-refractivity contribution in [3.05, 3.63) is 53.6 Å². The largest absolute Gasteiger partial charge is 0.508 e. The number of hydrogen-bond acceptors (Lipinski definition) is 7. The summed E-state index contributed by atoms with van der Waals surface area (Å²) in [6, 6.07) is 13.5. The van der Waals surface area contributed by atoms with Crippen molar-refractivity contribution in [1.82, 2.24) is 25.5 Å². The average molecular weight is 406 g/mol. The molecule has 8 nitrogen and oxygen atoms in total. The van der Waals surface area contributed by atoms with Crippen LogP contribution in [0.25, 0.3) is 5.69 Å². The van der Waals surface area contributed by atoms with Gasteiger partial charge in [0.05, 0.1) is 18.0 Å². The van der Waals surface area contributed by atoms with Crippen LogP contribution in [0.4, 0.5) is 0 Å². The predicted molar refractivity (Wildman–Crippen MR) is 101 cm³/mol. The zero-order valence-electron chi connectivity index (χ0n) is 14.1. The Morgan fingerprint density at radius 3 is 2.67 bits per heavy atom. The summed E-state index contributed by atoms with van der Waals surface area (Å²) in [5.74, 6) is 0.858. The summed E-state index contributed by atoms with van der Waals surface area (Å²) in [6.45, 7) is 0.730. The highest BCUT2D eigenvalue weighted by atomic mass is 35.5. The molecule has 140 valence electrons. The van der Waals surface area contributed by atoms with E-state index in [1.165, 1.54) is 16.4 Å². The number of carbonyl (C=O) groups excluding carboxylic acids is 1. The van der Waals surface area contributed by atoms with Gasteiger partial charge >= 0.3 is 0 Å². The third kappa shape index (κ3) is 5.60. The highest BCUT2D eigenvalue weighted by Crippen LogP contribution is 2.19. The van der Waals surface area contributed by atoms with E-state index in [-0.39, 0.29) is 17.4 Å². The number of halogens is 1. The van der Waals surface area contributed by atoms with Gasteiger partial charge in [-0.2, -0.15) is 4.68 Å². The first-order valence-electron chi connectivity index (χ1n) is 7.97. The summed E-state index contributed by atoms with van der Waals surface area (Å²) >= 11 is 7.02. The summed E-state index contributed by atoms with van der Waals surface area (Å²) in [7, 11) is 0. The summed E-state index contributed by atoms with van der Waals surface area (Å²) in [6.07, 6.45) is 0. The van der Waals surface area contributed by atoms with Crippen LogP contribution >= 0.6 is 23.4 Å². The molecule has 0 aliphatic heterocycles. The predicted octanol–water partition coefficient (Wildman–Crippen LogP) is 2.31. The quantitative estimate of drug-likeness (QED) is 0.438. The molecule has 0 saturated carbocycles. The van der Waals surface area contributed by atoms with Crippen LogP contribution in [0, 0.1) is 0 Å². The Hall–Kier alpha value is -2.78. The Morgan fingerprint density at radius 2 is 1.93 bits per heavy atom. The van der Waals surface area contributed by atoms with Gasteiger partial charge < -0.3 is 15.2 Å². The summed E-state index contributed by atoms with van der Waals surface area (Å²) in [5.41, 5.74) is 0.692. The molecule has 1 heterocycles. The maximum atomic E-state index is 12.0. The Morgan fingerprint density at radius 1 is 1.19 bits per heavy atom. The van der Waals surface area contributed by atoms with Crippen molar-refractivity contribution in [1.29, 1.82) is 0 Å². The summed E-state index contributed by atoms with van der Waals surface area (Å²) < 4.78 is 7.01. The second kappa shape index (κ2) is 9.24. The smallest absolute Gasteiger partial charge is 0.230 e. The monoisotopic (exact) mass is 405 g/mol. The molecule has 0 fully saturated rings. The van der Waals surface area contributed by atoms with Gasteiger partial charge in [0.2, 0.25) is 11.1 Å². The molecular formula is C17H16ClN5O3S. The van der Waals surface area contributed by atoms with E-state index in [0.717, 1.165) is 0 Å². The highest BCUT2D eigenvalue weighted by molar-refractivity contribution is 7.99. The molecule has 0 atom stereocenters. The Balaban J connectivity index is 1.42. The Bertz CT molecular complexity index is 886. The van der Waals surface area contributed by atoms with E-state index in [2.05, 4.69) is 20.8 Å². The number of rotatable bonds is 8. The molecule has 0 aliphatic rings. The van der Waals surface area contributed by atoms with Gasteiger partial charge in [0.1, 0.15) is 18.1 Å². The van der Waals surface area contributed by atoms with Crippen molar-refractivity contribution in [2.24, 2.45) is 0 Å². The second-order valence-corrected chi connectivity index (χ2v) is 6.71. The molecule has 27 heavy (non-hydrogen) atoms. The van der Waals surface area contributed by atoms with Crippen LogP contribution in [0.15, 0.2) is 53.7 Å². The van der Waals surface area contributed by atoms with Gasteiger partial charge in [0.15, 0.2) is 0 Å². The standard InChI is InChI=1S/C17H16ClN5O3S/c18-12-1-7-15(8-2-12)26-10-9-19-16(25)11-27-17-20-21-22-23(17)13-3-5-14(24)6-4-13/h1-8,24H,9-11H2,(H,19,25). The van der Waals surface area contributed by atoms with Crippen LogP contribution in [0.5, 0.6) is 11.5 Å². The molecule has 0 radical (unpaired) electrons. The lowest BCUT2D eigenvalue weighted by molar-refractivity contribution is -0.118. The minimum Gasteiger partial charge on any atom is -0.508 e. The molecule has 2 aromatic carbocycles. The number of nitrogens with zero attached hydrogens (tertiary/aromatic N) is 4. The maximum absolute atomic E-state index is 12.0. The SMILES string of the molecule is O=C(CSc1nnnn1-c1ccc(O)cc1)NCCOc1ccc(Cl)cc1. The normalized spacial score (nSPS) is 10.6.